The van der Waals surface area contributed by atoms with Gasteiger partial charge in [-0.2, -0.15) is 10.5 Å². The predicted octanol–water partition coefficient (Wildman–Crippen LogP) is 1.65. The average Bonchev–Trinajstić information content (AvgIpc) is 2.18. The fourth-order valence-electron chi connectivity index (χ4n) is 0. The Morgan fingerprint density at radius 3 is 1.31 bits per heavy atom. The molecule has 0 saturated heterocycles. The molecule has 0 aliphatic heterocycles. The van der Waals surface area contributed by atoms with Crippen LogP contribution in [-0.2, 0) is 4.79 Å². The molecule has 68 valence electrons. The van der Waals surface area contributed by atoms with Crippen molar-refractivity contribution in [3.05, 3.63) is 38.0 Å². The lowest BCUT2D eigenvalue weighted by molar-refractivity contribution is -0.131. The molecule has 0 atom stereocenters. The third kappa shape index (κ3) is 204. The summed E-state index contributed by atoms with van der Waals surface area (Å²) < 4.78 is 0. The molecular formula is C9H10N2O2. The third-order valence-corrected chi connectivity index (χ3v) is 0.357. The van der Waals surface area contributed by atoms with Gasteiger partial charge in [0.1, 0.15) is 0 Å². The quantitative estimate of drug-likeness (QED) is 0.488. The molecule has 1 N–H and O–H groups in total. The van der Waals surface area contributed by atoms with Crippen molar-refractivity contribution >= 4 is 5.97 Å². The van der Waals surface area contributed by atoms with Crippen LogP contribution in [0.3, 0.4) is 0 Å². The molecule has 4 nitrogen and oxygen atoms in total. The van der Waals surface area contributed by atoms with E-state index in [1.807, 2.05) is 0 Å². The zero-order valence-electron chi connectivity index (χ0n) is 7.10. The molecule has 0 radical (unpaired) electrons. The highest BCUT2D eigenvalue weighted by atomic mass is 16.4. The average molecular weight is 178 g/mol. The van der Waals surface area contributed by atoms with Crippen molar-refractivity contribution in [3.8, 4) is 12.1 Å². The van der Waals surface area contributed by atoms with Gasteiger partial charge < -0.3 is 5.11 Å². The van der Waals surface area contributed by atoms with E-state index in [0.29, 0.717) is 0 Å². The van der Waals surface area contributed by atoms with Crippen LogP contribution >= 0.6 is 0 Å². The molecule has 4 heteroatoms. The topological polar surface area (TPSA) is 84.9 Å². The molecular weight excluding hydrogens is 168 g/mol. The molecule has 0 amide bonds. The highest BCUT2D eigenvalue weighted by molar-refractivity contribution is 5.78. The van der Waals surface area contributed by atoms with Gasteiger partial charge >= 0.3 is 5.97 Å². The number of nitriles is 2. The second-order valence-corrected chi connectivity index (χ2v) is 1.21. The zero-order valence-corrected chi connectivity index (χ0v) is 7.10. The van der Waals surface area contributed by atoms with Crippen LogP contribution in [0.2, 0.25) is 0 Å². The first-order valence-corrected chi connectivity index (χ1v) is 2.97. The third-order valence-electron chi connectivity index (χ3n) is 0.357. The first-order valence-electron chi connectivity index (χ1n) is 2.97. The molecule has 0 aromatic heterocycles. The number of allylic oxidation sites excluding steroid dienone is 2. The maximum atomic E-state index is 9.25. The van der Waals surface area contributed by atoms with E-state index in [1.54, 1.807) is 12.1 Å². The number of hydrogen-bond acceptors (Lipinski definition) is 3. The van der Waals surface area contributed by atoms with Gasteiger partial charge in [-0.25, -0.2) is 4.79 Å². The number of aliphatic carboxylic acids is 1. The molecule has 13 heavy (non-hydrogen) atoms. The summed E-state index contributed by atoms with van der Waals surface area (Å²) >= 11 is 0. The smallest absolute Gasteiger partial charge is 0.327 e. The normalized spacial score (nSPS) is 4.77. The Morgan fingerprint density at radius 1 is 1.15 bits per heavy atom. The van der Waals surface area contributed by atoms with Crippen LogP contribution in [0, 0.1) is 22.7 Å². The summed E-state index contributed by atoms with van der Waals surface area (Å²) in [4.78, 5) is 9.25. The Labute approximate surface area is 77.3 Å². The number of carboxylic acid groups (broad SMARTS) is 1. The standard InChI is InChI=1S/2C3H3N.C3H4O2/c2*1-2-3-4;1-2-3(4)5/h2*2H,1H2;2H,1H2,(H,4,5). The van der Waals surface area contributed by atoms with Gasteiger partial charge in [0.15, 0.2) is 0 Å². The fourth-order valence-corrected chi connectivity index (χ4v) is 0. The van der Waals surface area contributed by atoms with Crippen LogP contribution in [0.15, 0.2) is 38.0 Å². The number of carbonyl (C=O) groups is 1. The highest BCUT2D eigenvalue weighted by Gasteiger charge is 1.73. The van der Waals surface area contributed by atoms with Gasteiger partial charge in [0, 0.05) is 18.2 Å². The highest BCUT2D eigenvalue weighted by Crippen LogP contribution is 1.54. The fraction of sp³-hybridized carbons (Fsp3) is 0. The van der Waals surface area contributed by atoms with Crippen LogP contribution in [0.1, 0.15) is 0 Å². The predicted molar refractivity (Wildman–Crippen MR) is 49.5 cm³/mol. The van der Waals surface area contributed by atoms with E-state index >= 15 is 0 Å². The van der Waals surface area contributed by atoms with Gasteiger partial charge in [0.25, 0.3) is 0 Å². The lowest BCUT2D eigenvalue weighted by atomic mass is 10.7. The van der Waals surface area contributed by atoms with Crippen molar-refractivity contribution < 1.29 is 9.90 Å². The van der Waals surface area contributed by atoms with Gasteiger partial charge in [-0.1, -0.05) is 19.7 Å². The first-order chi connectivity index (χ1) is 6.10. The molecule has 0 heterocycles. The molecule has 0 bridgehead atoms. The molecule has 0 saturated carbocycles. The Balaban J connectivity index is -0.000000117. The minimum atomic E-state index is -0.981. The van der Waals surface area contributed by atoms with Gasteiger partial charge in [0.2, 0.25) is 0 Å². The second-order valence-electron chi connectivity index (χ2n) is 1.21. The van der Waals surface area contributed by atoms with Crippen LogP contribution in [0.25, 0.3) is 0 Å². The lowest BCUT2D eigenvalue weighted by Crippen LogP contribution is -1.82. The van der Waals surface area contributed by atoms with Crippen molar-refractivity contribution in [2.75, 3.05) is 0 Å². The lowest BCUT2D eigenvalue weighted by Gasteiger charge is -1.64. The monoisotopic (exact) mass is 178 g/mol. The summed E-state index contributed by atoms with van der Waals surface area (Å²) in [5.74, 6) is -0.981. The summed E-state index contributed by atoms with van der Waals surface area (Å²) in [7, 11) is 0. The van der Waals surface area contributed by atoms with Crippen molar-refractivity contribution in [1.29, 1.82) is 10.5 Å². The molecule has 0 rings (SSSR count). The van der Waals surface area contributed by atoms with E-state index in [9.17, 15) is 4.79 Å². The maximum Gasteiger partial charge on any atom is 0.327 e. The molecule has 0 aromatic carbocycles. The largest absolute Gasteiger partial charge is 0.478 e. The molecule has 0 unspecified atom stereocenters. The van der Waals surface area contributed by atoms with E-state index in [0.717, 1.165) is 6.08 Å². The molecule has 0 spiro atoms. The van der Waals surface area contributed by atoms with Crippen molar-refractivity contribution in [3.63, 3.8) is 0 Å². The number of carboxylic acids is 1. The SMILES string of the molecule is C=CC#N.C=CC#N.C=CC(=O)O. The van der Waals surface area contributed by atoms with Crippen LogP contribution < -0.4 is 0 Å². The summed E-state index contributed by atoms with van der Waals surface area (Å²) in [6, 6.07) is 3.39. The van der Waals surface area contributed by atoms with Gasteiger partial charge in [0.05, 0.1) is 12.1 Å². The first kappa shape index (κ1) is 17.0. The zero-order chi connectivity index (χ0) is 11.1. The number of nitrogens with zero attached hydrogens (tertiary/aromatic N) is 2. The van der Waals surface area contributed by atoms with E-state index in [-0.39, 0.29) is 0 Å². The van der Waals surface area contributed by atoms with E-state index < -0.39 is 5.97 Å². The number of hydrogen-bond donors (Lipinski definition) is 1. The van der Waals surface area contributed by atoms with Crippen LogP contribution in [0.4, 0.5) is 0 Å². The minimum absolute atomic E-state index is 0.833. The van der Waals surface area contributed by atoms with Gasteiger partial charge in [-0.15, -0.1) is 0 Å². The van der Waals surface area contributed by atoms with Crippen molar-refractivity contribution in [1.82, 2.24) is 0 Å². The molecule has 0 aliphatic rings. The van der Waals surface area contributed by atoms with Gasteiger partial charge in [-0.3, -0.25) is 0 Å². The molecule has 0 aromatic rings. The summed E-state index contributed by atoms with van der Waals surface area (Å²) in [6.07, 6.45) is 3.19. The minimum Gasteiger partial charge on any atom is -0.478 e. The summed E-state index contributed by atoms with van der Waals surface area (Å²) in [5.41, 5.74) is 0. The second kappa shape index (κ2) is 22.6. The van der Waals surface area contributed by atoms with Gasteiger partial charge in [-0.05, 0) is 0 Å². The number of rotatable bonds is 1. The Hall–Kier alpha value is -2.33. The van der Waals surface area contributed by atoms with Crippen molar-refractivity contribution in [2.24, 2.45) is 0 Å². The van der Waals surface area contributed by atoms with Crippen LogP contribution in [0.5, 0.6) is 0 Å². The van der Waals surface area contributed by atoms with Crippen molar-refractivity contribution in [2.45, 2.75) is 0 Å². The van der Waals surface area contributed by atoms with Crippen LogP contribution in [-0.4, -0.2) is 11.1 Å². The van der Waals surface area contributed by atoms with E-state index in [2.05, 4.69) is 19.7 Å². The Bertz CT molecular complexity index is 225. The Morgan fingerprint density at radius 2 is 1.31 bits per heavy atom. The summed E-state index contributed by atoms with van der Waals surface area (Å²) in [6.45, 7) is 9.20. The molecule has 0 aliphatic carbocycles. The Kier molecular flexibility index (Phi) is 29.5. The molecule has 0 fully saturated rings. The van der Waals surface area contributed by atoms with E-state index in [4.69, 9.17) is 15.6 Å². The summed E-state index contributed by atoms with van der Waals surface area (Å²) in [5, 5.41) is 22.6. The maximum absolute atomic E-state index is 9.25. The van der Waals surface area contributed by atoms with E-state index in [1.165, 1.54) is 12.2 Å².